The Hall–Kier alpha value is -2.47. The first-order valence-corrected chi connectivity index (χ1v) is 8.45. The molecule has 0 saturated carbocycles. The smallest absolute Gasteiger partial charge is 0.227 e. The van der Waals surface area contributed by atoms with Gasteiger partial charge in [-0.2, -0.15) is 10.1 Å². The molecule has 0 radical (unpaired) electrons. The van der Waals surface area contributed by atoms with Crippen LogP contribution in [0.4, 0.5) is 5.95 Å². The minimum atomic E-state index is 0.575. The summed E-state index contributed by atoms with van der Waals surface area (Å²) in [6, 6.07) is 10.2. The lowest BCUT2D eigenvalue weighted by Crippen LogP contribution is -2.31. The Balaban J connectivity index is 1.76. The first kappa shape index (κ1) is 15.1. The first-order chi connectivity index (χ1) is 11.7. The number of hydrogen-bond donors (Lipinski definition) is 1. The standard InChI is InChI=1S/C18H22N6/c1-13-10-19-7-8-23(12-13)18-21-14(2)9-17(22-18)24-16-6-4-3-5-15(16)11-20-24/h3-6,9,11,13,19H,7-8,10,12H2,1-2H3. The van der Waals surface area contributed by atoms with Gasteiger partial charge in [0, 0.05) is 36.8 Å². The van der Waals surface area contributed by atoms with Crippen LogP contribution in [-0.4, -0.2) is 45.9 Å². The van der Waals surface area contributed by atoms with E-state index in [-0.39, 0.29) is 0 Å². The van der Waals surface area contributed by atoms with E-state index in [1.54, 1.807) is 0 Å². The van der Waals surface area contributed by atoms with Gasteiger partial charge < -0.3 is 10.2 Å². The molecule has 0 spiro atoms. The predicted molar refractivity (Wildman–Crippen MR) is 95.6 cm³/mol. The third-order valence-electron chi connectivity index (χ3n) is 4.39. The topological polar surface area (TPSA) is 58.9 Å². The van der Waals surface area contributed by atoms with Gasteiger partial charge >= 0.3 is 0 Å². The Morgan fingerprint density at radius 1 is 1.21 bits per heavy atom. The molecule has 0 aliphatic carbocycles. The maximum Gasteiger partial charge on any atom is 0.227 e. The number of fused-ring (bicyclic) bond motifs is 1. The van der Waals surface area contributed by atoms with E-state index < -0.39 is 0 Å². The molecule has 6 heteroatoms. The molecule has 1 aromatic carbocycles. The molecule has 1 saturated heterocycles. The minimum absolute atomic E-state index is 0.575. The van der Waals surface area contributed by atoms with E-state index in [4.69, 9.17) is 4.98 Å². The van der Waals surface area contributed by atoms with Crippen molar-refractivity contribution in [1.82, 2.24) is 25.1 Å². The van der Waals surface area contributed by atoms with Gasteiger partial charge in [-0.25, -0.2) is 9.67 Å². The number of nitrogens with one attached hydrogen (secondary N) is 1. The number of nitrogens with zero attached hydrogens (tertiary/aromatic N) is 5. The van der Waals surface area contributed by atoms with Crippen molar-refractivity contribution < 1.29 is 0 Å². The van der Waals surface area contributed by atoms with Crippen molar-refractivity contribution in [3.8, 4) is 5.82 Å². The second kappa shape index (κ2) is 6.20. The number of anilines is 1. The van der Waals surface area contributed by atoms with Crippen LogP contribution in [0.5, 0.6) is 0 Å². The Morgan fingerprint density at radius 3 is 3.00 bits per heavy atom. The summed E-state index contributed by atoms with van der Waals surface area (Å²) in [6.07, 6.45) is 1.88. The van der Waals surface area contributed by atoms with Gasteiger partial charge in [0.1, 0.15) is 0 Å². The quantitative estimate of drug-likeness (QED) is 0.783. The summed E-state index contributed by atoms with van der Waals surface area (Å²) in [6.45, 7) is 8.16. The molecule has 1 aliphatic rings. The second-order valence-corrected chi connectivity index (χ2v) is 6.54. The normalized spacial score (nSPS) is 18.8. The largest absolute Gasteiger partial charge is 0.339 e. The summed E-state index contributed by atoms with van der Waals surface area (Å²) in [5.41, 5.74) is 2.02. The van der Waals surface area contributed by atoms with Crippen LogP contribution in [0, 0.1) is 12.8 Å². The van der Waals surface area contributed by atoms with Crippen LogP contribution in [0.3, 0.4) is 0 Å². The fourth-order valence-corrected chi connectivity index (χ4v) is 3.22. The van der Waals surface area contributed by atoms with Gasteiger partial charge in [0.15, 0.2) is 5.82 Å². The molecule has 4 rings (SSSR count). The molecule has 1 unspecified atom stereocenters. The lowest BCUT2D eigenvalue weighted by Gasteiger charge is -2.23. The van der Waals surface area contributed by atoms with E-state index in [1.165, 1.54) is 0 Å². The van der Waals surface area contributed by atoms with Crippen molar-refractivity contribution >= 4 is 16.9 Å². The molecule has 3 aromatic rings. The third-order valence-corrected chi connectivity index (χ3v) is 4.39. The highest BCUT2D eigenvalue weighted by Gasteiger charge is 2.18. The van der Waals surface area contributed by atoms with Gasteiger partial charge in [-0.15, -0.1) is 0 Å². The van der Waals surface area contributed by atoms with E-state index in [0.29, 0.717) is 5.92 Å². The van der Waals surface area contributed by atoms with Crippen LogP contribution in [0.25, 0.3) is 16.7 Å². The summed E-state index contributed by atoms with van der Waals surface area (Å²) in [7, 11) is 0. The van der Waals surface area contributed by atoms with E-state index >= 15 is 0 Å². The number of hydrogen-bond acceptors (Lipinski definition) is 5. The Bertz CT molecular complexity index is 856. The summed E-state index contributed by atoms with van der Waals surface area (Å²) < 4.78 is 1.90. The molecule has 0 bridgehead atoms. The second-order valence-electron chi connectivity index (χ2n) is 6.54. The van der Waals surface area contributed by atoms with Crippen molar-refractivity contribution in [2.75, 3.05) is 31.1 Å². The zero-order valence-corrected chi connectivity index (χ0v) is 14.1. The average molecular weight is 322 g/mol. The van der Waals surface area contributed by atoms with E-state index in [2.05, 4.69) is 39.4 Å². The Morgan fingerprint density at radius 2 is 2.08 bits per heavy atom. The Kier molecular flexibility index (Phi) is 3.90. The molecule has 0 amide bonds. The lowest BCUT2D eigenvalue weighted by atomic mass is 10.2. The molecule has 1 fully saturated rings. The summed E-state index contributed by atoms with van der Waals surface area (Å²) >= 11 is 0. The summed E-state index contributed by atoms with van der Waals surface area (Å²) in [5, 5.41) is 9.10. The zero-order chi connectivity index (χ0) is 16.5. The lowest BCUT2D eigenvalue weighted by molar-refractivity contribution is 0.561. The first-order valence-electron chi connectivity index (χ1n) is 8.45. The number of aromatic nitrogens is 4. The summed E-state index contributed by atoms with van der Waals surface area (Å²) in [5.74, 6) is 2.19. The fourth-order valence-electron chi connectivity index (χ4n) is 3.22. The molecule has 2 aromatic heterocycles. The maximum absolute atomic E-state index is 4.81. The SMILES string of the molecule is Cc1cc(-n2ncc3ccccc32)nc(N2CCNCC(C)C2)n1. The molecular weight excluding hydrogens is 300 g/mol. The van der Waals surface area contributed by atoms with Crippen molar-refractivity contribution in [1.29, 1.82) is 0 Å². The highest BCUT2D eigenvalue weighted by molar-refractivity contribution is 5.79. The van der Waals surface area contributed by atoms with Gasteiger partial charge in [-0.1, -0.05) is 25.1 Å². The molecule has 6 nitrogen and oxygen atoms in total. The Labute approximate surface area is 141 Å². The molecule has 1 aliphatic heterocycles. The van der Waals surface area contributed by atoms with Gasteiger partial charge in [0.05, 0.1) is 11.7 Å². The van der Waals surface area contributed by atoms with E-state index in [1.807, 2.05) is 36.0 Å². The van der Waals surface area contributed by atoms with Crippen LogP contribution in [0.15, 0.2) is 36.5 Å². The molecule has 1 atom stereocenters. The monoisotopic (exact) mass is 322 g/mol. The summed E-state index contributed by atoms with van der Waals surface area (Å²) in [4.78, 5) is 11.8. The number of rotatable bonds is 2. The molecule has 1 N–H and O–H groups in total. The predicted octanol–water partition coefficient (Wildman–Crippen LogP) is 2.17. The molecule has 3 heterocycles. The van der Waals surface area contributed by atoms with E-state index in [9.17, 15) is 0 Å². The third kappa shape index (κ3) is 2.85. The number of aryl methyl sites for hydroxylation is 1. The maximum atomic E-state index is 4.81. The van der Waals surface area contributed by atoms with Crippen LogP contribution in [0.2, 0.25) is 0 Å². The van der Waals surface area contributed by atoms with Gasteiger partial charge in [0.2, 0.25) is 5.95 Å². The van der Waals surface area contributed by atoms with Crippen LogP contribution < -0.4 is 10.2 Å². The molecular formula is C18H22N6. The zero-order valence-electron chi connectivity index (χ0n) is 14.1. The van der Waals surface area contributed by atoms with Crippen LogP contribution in [-0.2, 0) is 0 Å². The van der Waals surface area contributed by atoms with Crippen molar-refractivity contribution in [3.05, 3.63) is 42.2 Å². The number of para-hydroxylation sites is 1. The van der Waals surface area contributed by atoms with Crippen molar-refractivity contribution in [2.45, 2.75) is 13.8 Å². The van der Waals surface area contributed by atoms with Crippen molar-refractivity contribution in [2.24, 2.45) is 5.92 Å². The molecule has 24 heavy (non-hydrogen) atoms. The number of benzene rings is 1. The molecule has 124 valence electrons. The van der Waals surface area contributed by atoms with Crippen LogP contribution in [0.1, 0.15) is 12.6 Å². The van der Waals surface area contributed by atoms with Gasteiger partial charge in [-0.3, -0.25) is 0 Å². The van der Waals surface area contributed by atoms with Gasteiger partial charge in [0.25, 0.3) is 0 Å². The average Bonchev–Trinajstić information content (AvgIpc) is 2.89. The minimum Gasteiger partial charge on any atom is -0.339 e. The van der Waals surface area contributed by atoms with Crippen LogP contribution >= 0.6 is 0 Å². The fraction of sp³-hybridized carbons (Fsp3) is 0.389. The highest BCUT2D eigenvalue weighted by Crippen LogP contribution is 2.20. The van der Waals surface area contributed by atoms with Crippen molar-refractivity contribution in [3.63, 3.8) is 0 Å². The highest BCUT2D eigenvalue weighted by atomic mass is 15.3. The van der Waals surface area contributed by atoms with E-state index in [0.717, 1.165) is 54.5 Å². The van der Waals surface area contributed by atoms with Gasteiger partial charge in [-0.05, 0) is 25.5 Å².